The third kappa shape index (κ3) is 6.15. The van der Waals surface area contributed by atoms with Crippen LogP contribution >= 0.6 is 0 Å². The summed E-state index contributed by atoms with van der Waals surface area (Å²) in [6.45, 7) is 6.08. The largest absolute Gasteiger partial charge is 0.103 e. The zero-order valence-electron chi connectivity index (χ0n) is 14.7. The summed E-state index contributed by atoms with van der Waals surface area (Å²) in [5.41, 5.74) is 0. The van der Waals surface area contributed by atoms with Crippen LogP contribution in [0.15, 0.2) is 37.0 Å². The normalized spacial score (nSPS) is 33.5. The van der Waals surface area contributed by atoms with Gasteiger partial charge in [0, 0.05) is 0 Å². The highest BCUT2D eigenvalue weighted by Crippen LogP contribution is 2.34. The number of rotatable bonds is 7. The van der Waals surface area contributed by atoms with Crippen LogP contribution in [0.4, 0.5) is 0 Å². The second kappa shape index (κ2) is 10.1. The van der Waals surface area contributed by atoms with Gasteiger partial charge in [0.15, 0.2) is 0 Å². The van der Waals surface area contributed by atoms with Crippen molar-refractivity contribution in [3.8, 4) is 0 Å². The van der Waals surface area contributed by atoms with Crippen molar-refractivity contribution in [3.63, 3.8) is 0 Å². The molecule has 0 aromatic heterocycles. The van der Waals surface area contributed by atoms with Crippen molar-refractivity contribution < 1.29 is 0 Å². The van der Waals surface area contributed by atoms with Crippen molar-refractivity contribution >= 4 is 0 Å². The summed E-state index contributed by atoms with van der Waals surface area (Å²) in [6, 6.07) is 0. The summed E-state index contributed by atoms with van der Waals surface area (Å²) >= 11 is 0. The lowest BCUT2D eigenvalue weighted by atomic mass is 9.78. The van der Waals surface area contributed by atoms with Gasteiger partial charge in [-0.15, -0.1) is 6.58 Å². The second-order valence-electron chi connectivity index (χ2n) is 7.61. The minimum atomic E-state index is 0.794. The number of allylic oxidation sites excluding steroid dienone is 5. The van der Waals surface area contributed by atoms with E-state index in [4.69, 9.17) is 0 Å². The first-order valence-electron chi connectivity index (χ1n) is 9.72. The van der Waals surface area contributed by atoms with Gasteiger partial charge in [0.05, 0.1) is 0 Å². The highest BCUT2D eigenvalue weighted by molar-refractivity contribution is 4.94. The molecule has 0 aromatic carbocycles. The highest BCUT2D eigenvalue weighted by atomic mass is 14.3. The van der Waals surface area contributed by atoms with E-state index >= 15 is 0 Å². The van der Waals surface area contributed by atoms with Crippen molar-refractivity contribution in [3.05, 3.63) is 37.0 Å². The van der Waals surface area contributed by atoms with Gasteiger partial charge in [-0.3, -0.25) is 0 Å². The molecule has 0 saturated heterocycles. The van der Waals surface area contributed by atoms with Gasteiger partial charge in [-0.1, -0.05) is 43.2 Å². The van der Waals surface area contributed by atoms with E-state index in [2.05, 4.69) is 43.9 Å². The highest BCUT2D eigenvalue weighted by Gasteiger charge is 2.20. The van der Waals surface area contributed by atoms with Crippen LogP contribution in [0.25, 0.3) is 0 Å². The summed E-state index contributed by atoms with van der Waals surface area (Å²) in [4.78, 5) is 0. The summed E-state index contributed by atoms with van der Waals surface area (Å²) in [7, 11) is 0. The van der Waals surface area contributed by atoms with E-state index < -0.39 is 0 Å². The minimum Gasteiger partial charge on any atom is -0.103 e. The maximum Gasteiger partial charge on any atom is -0.0233 e. The van der Waals surface area contributed by atoms with E-state index in [-0.39, 0.29) is 0 Å². The lowest BCUT2D eigenvalue weighted by Crippen LogP contribution is -2.14. The van der Waals surface area contributed by atoms with Crippen molar-refractivity contribution in [1.82, 2.24) is 0 Å². The van der Waals surface area contributed by atoms with Crippen molar-refractivity contribution in [2.75, 3.05) is 0 Å². The van der Waals surface area contributed by atoms with E-state index in [1.54, 1.807) is 0 Å². The number of hydrogen-bond donors (Lipinski definition) is 0. The fourth-order valence-corrected chi connectivity index (χ4v) is 4.28. The Labute approximate surface area is 138 Å². The van der Waals surface area contributed by atoms with Crippen LogP contribution in [0.1, 0.15) is 77.6 Å². The van der Waals surface area contributed by atoms with Gasteiger partial charge < -0.3 is 0 Å². The Balaban J connectivity index is 1.56. The zero-order chi connectivity index (χ0) is 15.6. The average Bonchev–Trinajstić information content (AvgIpc) is 2.58. The third-order valence-electron chi connectivity index (χ3n) is 5.97. The first-order chi connectivity index (χ1) is 10.8. The maximum absolute atomic E-state index is 3.94. The summed E-state index contributed by atoms with van der Waals surface area (Å²) < 4.78 is 0. The van der Waals surface area contributed by atoms with Crippen LogP contribution in [-0.4, -0.2) is 0 Å². The SMILES string of the molecule is C=C[C@H]1CC[C@H](C=CCC[C@H]2CC[C@H](CC=CC)CC2)CC1. The molecule has 0 aromatic rings. The molecule has 0 radical (unpaired) electrons. The van der Waals surface area contributed by atoms with Crippen LogP contribution in [0, 0.1) is 23.7 Å². The van der Waals surface area contributed by atoms with E-state index in [1.165, 1.54) is 70.6 Å². The summed E-state index contributed by atoms with van der Waals surface area (Å²) in [6.07, 6.45) is 27.1. The smallest absolute Gasteiger partial charge is 0.0233 e. The Morgan fingerprint density at radius 2 is 1.45 bits per heavy atom. The molecule has 0 atom stereocenters. The molecule has 0 heterocycles. The molecule has 2 aliphatic carbocycles. The van der Waals surface area contributed by atoms with Crippen molar-refractivity contribution in [1.29, 1.82) is 0 Å². The molecule has 0 unspecified atom stereocenters. The van der Waals surface area contributed by atoms with Crippen LogP contribution < -0.4 is 0 Å². The van der Waals surface area contributed by atoms with Gasteiger partial charge in [0.2, 0.25) is 0 Å². The molecule has 0 aliphatic heterocycles. The third-order valence-corrected chi connectivity index (χ3v) is 5.97. The molecule has 2 fully saturated rings. The summed E-state index contributed by atoms with van der Waals surface area (Å²) in [5.74, 6) is 3.63. The monoisotopic (exact) mass is 300 g/mol. The zero-order valence-corrected chi connectivity index (χ0v) is 14.7. The first-order valence-corrected chi connectivity index (χ1v) is 9.72. The molecule has 0 amide bonds. The molecular formula is C22H36. The Morgan fingerprint density at radius 3 is 2.09 bits per heavy atom. The van der Waals surface area contributed by atoms with E-state index in [1.807, 2.05) is 0 Å². The molecule has 0 bridgehead atoms. The van der Waals surface area contributed by atoms with Crippen molar-refractivity contribution in [2.45, 2.75) is 77.6 Å². The van der Waals surface area contributed by atoms with E-state index in [0.717, 1.165) is 23.7 Å². The predicted molar refractivity (Wildman–Crippen MR) is 98.9 cm³/mol. The number of hydrogen-bond acceptors (Lipinski definition) is 0. The van der Waals surface area contributed by atoms with Crippen LogP contribution in [0.3, 0.4) is 0 Å². The van der Waals surface area contributed by atoms with Gasteiger partial charge in [-0.25, -0.2) is 0 Å². The van der Waals surface area contributed by atoms with Gasteiger partial charge in [-0.2, -0.15) is 0 Å². The molecular weight excluding hydrogens is 264 g/mol. The molecule has 124 valence electrons. The van der Waals surface area contributed by atoms with Crippen LogP contribution in [-0.2, 0) is 0 Å². The van der Waals surface area contributed by atoms with Gasteiger partial charge in [-0.05, 0) is 88.4 Å². The topological polar surface area (TPSA) is 0 Å². The minimum absolute atomic E-state index is 0.794. The maximum atomic E-state index is 3.94. The van der Waals surface area contributed by atoms with E-state index in [9.17, 15) is 0 Å². The van der Waals surface area contributed by atoms with Crippen LogP contribution in [0.5, 0.6) is 0 Å². The molecule has 2 saturated carbocycles. The van der Waals surface area contributed by atoms with Gasteiger partial charge >= 0.3 is 0 Å². The van der Waals surface area contributed by atoms with Crippen LogP contribution in [0.2, 0.25) is 0 Å². The molecule has 0 heteroatoms. The molecule has 0 N–H and O–H groups in total. The molecule has 0 nitrogen and oxygen atoms in total. The van der Waals surface area contributed by atoms with E-state index in [0.29, 0.717) is 0 Å². The average molecular weight is 301 g/mol. The Bertz CT molecular complexity index is 346. The lowest BCUT2D eigenvalue weighted by Gasteiger charge is -2.27. The molecule has 22 heavy (non-hydrogen) atoms. The Morgan fingerprint density at radius 1 is 0.818 bits per heavy atom. The molecule has 2 rings (SSSR count). The standard InChI is InChI=1S/C22H36/c1-3-5-8-20-15-17-22(18-16-20)10-7-6-9-21-13-11-19(4-2)12-14-21/h3-6,9,19-22H,2,7-8,10-18H2,1H3/t19-,20-,21-,22-. The van der Waals surface area contributed by atoms with Gasteiger partial charge in [0.25, 0.3) is 0 Å². The second-order valence-corrected chi connectivity index (χ2v) is 7.61. The molecule has 0 spiro atoms. The van der Waals surface area contributed by atoms with Gasteiger partial charge in [0.1, 0.15) is 0 Å². The Hall–Kier alpha value is -0.780. The predicted octanol–water partition coefficient (Wildman–Crippen LogP) is 7.09. The fourth-order valence-electron chi connectivity index (χ4n) is 4.28. The van der Waals surface area contributed by atoms with Crippen molar-refractivity contribution in [2.24, 2.45) is 23.7 Å². The Kier molecular flexibility index (Phi) is 8.05. The lowest BCUT2D eigenvalue weighted by molar-refractivity contribution is 0.266. The first kappa shape index (κ1) is 17.6. The summed E-state index contributed by atoms with van der Waals surface area (Å²) in [5, 5.41) is 0. The quantitative estimate of drug-likeness (QED) is 0.440. The fraction of sp³-hybridized carbons (Fsp3) is 0.727. The molecule has 2 aliphatic rings.